The normalized spacial score (nSPS) is 12.8. The van der Waals surface area contributed by atoms with Crippen LogP contribution in [0, 0.1) is 6.92 Å². The molecule has 0 radical (unpaired) electrons. The highest BCUT2D eigenvalue weighted by Crippen LogP contribution is 2.32. The number of aryl methyl sites for hydroxylation is 1. The van der Waals surface area contributed by atoms with Crippen molar-refractivity contribution in [3.05, 3.63) is 89.5 Å². The van der Waals surface area contributed by atoms with E-state index in [-0.39, 0.29) is 23.5 Å². The number of alkyl carbamates (subject to hydrolysis) is 1. The van der Waals surface area contributed by atoms with Gasteiger partial charge in [0.2, 0.25) is 5.91 Å². The van der Waals surface area contributed by atoms with Gasteiger partial charge in [-0.25, -0.2) is 4.79 Å². The first kappa shape index (κ1) is 31.0. The van der Waals surface area contributed by atoms with Crippen LogP contribution in [0.3, 0.4) is 0 Å². The van der Waals surface area contributed by atoms with Crippen LogP contribution in [0.1, 0.15) is 57.4 Å². The van der Waals surface area contributed by atoms with Crippen molar-refractivity contribution in [2.45, 2.75) is 71.7 Å². The molecule has 0 saturated heterocycles. The predicted octanol–water partition coefficient (Wildman–Crippen LogP) is 5.46. The van der Waals surface area contributed by atoms with Crippen LogP contribution in [-0.4, -0.2) is 50.7 Å². The maximum atomic E-state index is 14.4. The van der Waals surface area contributed by atoms with Crippen molar-refractivity contribution in [3.63, 3.8) is 0 Å². The van der Waals surface area contributed by atoms with Crippen LogP contribution in [0.25, 0.3) is 0 Å². The second-order valence-corrected chi connectivity index (χ2v) is 11.2. The zero-order chi connectivity index (χ0) is 30.3. The maximum Gasteiger partial charge on any atom is 0.408 e. The fourth-order valence-corrected chi connectivity index (χ4v) is 4.43. The lowest BCUT2D eigenvalue weighted by atomic mass is 9.98. The number of nitrogens with zero attached hydrogens (tertiary/aromatic N) is 1. The number of benzene rings is 3. The summed E-state index contributed by atoms with van der Waals surface area (Å²) in [5, 5.41) is 26.1. The Morgan fingerprint density at radius 3 is 2.10 bits per heavy atom. The summed E-state index contributed by atoms with van der Waals surface area (Å²) in [7, 11) is 0. The first-order valence-electron chi connectivity index (χ1n) is 13.5. The lowest BCUT2D eigenvalue weighted by Crippen LogP contribution is -2.55. The Balaban J connectivity index is 2.07. The molecular weight excluding hydrogens is 522 g/mol. The van der Waals surface area contributed by atoms with Crippen LogP contribution in [0.4, 0.5) is 10.5 Å². The number of para-hydroxylation sites is 2. The number of phenolic OH excluding ortho intramolecular Hbond substituents is 2. The lowest BCUT2D eigenvalue weighted by Gasteiger charge is -2.37. The fourth-order valence-electron chi connectivity index (χ4n) is 4.43. The minimum Gasteiger partial charge on any atom is -0.508 e. The van der Waals surface area contributed by atoms with E-state index in [1.807, 2.05) is 19.1 Å². The minimum absolute atomic E-state index is 0.0630. The van der Waals surface area contributed by atoms with E-state index in [4.69, 9.17) is 4.74 Å². The Labute approximate surface area is 241 Å². The first-order chi connectivity index (χ1) is 19.3. The van der Waals surface area contributed by atoms with Gasteiger partial charge in [0, 0.05) is 23.7 Å². The van der Waals surface area contributed by atoms with Crippen molar-refractivity contribution in [2.24, 2.45) is 0 Å². The summed E-state index contributed by atoms with van der Waals surface area (Å²) in [6.07, 6.45) is -0.726. The summed E-state index contributed by atoms with van der Waals surface area (Å²) in [4.78, 5) is 42.5. The zero-order valence-corrected chi connectivity index (χ0v) is 24.3. The van der Waals surface area contributed by atoms with Crippen LogP contribution in [0.5, 0.6) is 11.5 Å². The Kier molecular flexibility index (Phi) is 9.99. The van der Waals surface area contributed by atoms with E-state index in [2.05, 4.69) is 10.6 Å². The fraction of sp³-hybridized carbons (Fsp3) is 0.344. The molecule has 3 aromatic carbocycles. The second-order valence-electron chi connectivity index (χ2n) is 11.2. The third-order valence-corrected chi connectivity index (χ3v) is 6.34. The van der Waals surface area contributed by atoms with E-state index in [1.54, 1.807) is 77.1 Å². The molecule has 3 aromatic rings. The Morgan fingerprint density at radius 2 is 1.51 bits per heavy atom. The molecule has 0 saturated carbocycles. The zero-order valence-electron chi connectivity index (χ0n) is 24.3. The molecule has 2 atom stereocenters. The van der Waals surface area contributed by atoms with Gasteiger partial charge < -0.3 is 30.5 Å². The topological polar surface area (TPSA) is 128 Å². The van der Waals surface area contributed by atoms with E-state index in [0.29, 0.717) is 11.3 Å². The van der Waals surface area contributed by atoms with Crippen molar-refractivity contribution >= 4 is 23.6 Å². The number of carbonyl (C=O) groups excluding carboxylic acids is 3. The number of hydrogen-bond donors (Lipinski definition) is 4. The molecule has 218 valence electrons. The van der Waals surface area contributed by atoms with Gasteiger partial charge in [0.25, 0.3) is 5.91 Å². The van der Waals surface area contributed by atoms with E-state index in [1.165, 1.54) is 23.1 Å². The number of amides is 3. The molecule has 0 bridgehead atoms. The highest BCUT2D eigenvalue weighted by Gasteiger charge is 2.39. The van der Waals surface area contributed by atoms with Crippen LogP contribution in [-0.2, 0) is 20.7 Å². The standard InChI is InChI=1S/C32H39N3O6/c1-20(2)35(28(24-12-8-10-14-27(24)37)29(38)33-25-13-9-7-11-21(25)3)30(39)26(34-31(40)41-32(4,5)6)19-22-15-17-23(36)18-16-22/h7-18,20,26,28,36-37H,19H2,1-6H3,(H,33,38)(H,34,40). The number of anilines is 1. The number of ether oxygens (including phenoxy) is 1. The molecule has 9 nitrogen and oxygen atoms in total. The number of nitrogens with one attached hydrogen (secondary N) is 2. The summed E-state index contributed by atoms with van der Waals surface area (Å²) in [5.41, 5.74) is 1.50. The third kappa shape index (κ3) is 8.48. The van der Waals surface area contributed by atoms with Gasteiger partial charge in [-0.1, -0.05) is 48.5 Å². The minimum atomic E-state index is -1.23. The second kappa shape index (κ2) is 13.2. The predicted molar refractivity (Wildman–Crippen MR) is 158 cm³/mol. The quantitative estimate of drug-likeness (QED) is 0.275. The van der Waals surface area contributed by atoms with E-state index >= 15 is 0 Å². The highest BCUT2D eigenvalue weighted by molar-refractivity contribution is 6.00. The number of hydrogen-bond acceptors (Lipinski definition) is 6. The molecule has 0 aliphatic heterocycles. The largest absolute Gasteiger partial charge is 0.508 e. The molecular formula is C32H39N3O6. The summed E-state index contributed by atoms with van der Waals surface area (Å²) in [5.74, 6) is -1.16. The Bertz CT molecular complexity index is 1360. The van der Waals surface area contributed by atoms with Crippen LogP contribution >= 0.6 is 0 Å². The van der Waals surface area contributed by atoms with E-state index < -0.39 is 41.6 Å². The smallest absolute Gasteiger partial charge is 0.408 e. The molecule has 0 aliphatic carbocycles. The summed E-state index contributed by atoms with van der Waals surface area (Å²) < 4.78 is 5.44. The van der Waals surface area contributed by atoms with Gasteiger partial charge in [-0.15, -0.1) is 0 Å². The van der Waals surface area contributed by atoms with Crippen molar-refractivity contribution in [3.8, 4) is 11.5 Å². The molecule has 2 unspecified atom stereocenters. The van der Waals surface area contributed by atoms with E-state index in [0.717, 1.165) is 5.56 Å². The number of carbonyl (C=O) groups is 3. The summed E-state index contributed by atoms with van der Waals surface area (Å²) in [6.45, 7) is 10.5. The monoisotopic (exact) mass is 561 g/mol. The molecule has 3 rings (SSSR count). The van der Waals surface area contributed by atoms with Crippen LogP contribution in [0.15, 0.2) is 72.8 Å². The highest BCUT2D eigenvalue weighted by atomic mass is 16.6. The molecule has 0 spiro atoms. The van der Waals surface area contributed by atoms with Crippen molar-refractivity contribution in [1.29, 1.82) is 0 Å². The number of rotatable bonds is 9. The van der Waals surface area contributed by atoms with Gasteiger partial charge in [-0.2, -0.15) is 0 Å². The Morgan fingerprint density at radius 1 is 0.902 bits per heavy atom. The molecule has 3 amide bonds. The van der Waals surface area contributed by atoms with Gasteiger partial charge in [0.05, 0.1) is 0 Å². The number of aromatic hydroxyl groups is 2. The molecule has 9 heteroatoms. The van der Waals surface area contributed by atoms with Gasteiger partial charge in [-0.3, -0.25) is 9.59 Å². The first-order valence-corrected chi connectivity index (χ1v) is 13.5. The van der Waals surface area contributed by atoms with E-state index in [9.17, 15) is 24.6 Å². The average molecular weight is 562 g/mol. The van der Waals surface area contributed by atoms with Gasteiger partial charge in [0.15, 0.2) is 0 Å². The average Bonchev–Trinajstić information content (AvgIpc) is 2.88. The molecule has 41 heavy (non-hydrogen) atoms. The van der Waals surface area contributed by atoms with Crippen molar-refractivity contribution in [1.82, 2.24) is 10.2 Å². The molecule has 0 fully saturated rings. The molecule has 0 aromatic heterocycles. The van der Waals surface area contributed by atoms with Gasteiger partial charge in [-0.05, 0) is 76.9 Å². The molecule has 0 heterocycles. The van der Waals surface area contributed by atoms with Crippen molar-refractivity contribution < 1.29 is 29.3 Å². The SMILES string of the molecule is Cc1ccccc1NC(=O)C(c1ccccc1O)N(C(=O)C(Cc1ccc(O)cc1)NC(=O)OC(C)(C)C)C(C)C. The van der Waals surface area contributed by atoms with Crippen LogP contribution in [0.2, 0.25) is 0 Å². The summed E-state index contributed by atoms with van der Waals surface area (Å²) >= 11 is 0. The van der Waals surface area contributed by atoms with Crippen molar-refractivity contribution in [2.75, 3.05) is 5.32 Å². The number of phenols is 2. The third-order valence-electron chi connectivity index (χ3n) is 6.34. The lowest BCUT2D eigenvalue weighted by molar-refractivity contribution is -0.143. The Hall–Kier alpha value is -4.53. The summed E-state index contributed by atoms with van der Waals surface area (Å²) in [6, 6.07) is 17.0. The van der Waals surface area contributed by atoms with Gasteiger partial charge >= 0.3 is 6.09 Å². The molecule has 4 N–H and O–H groups in total. The van der Waals surface area contributed by atoms with Crippen LogP contribution < -0.4 is 10.6 Å². The van der Waals surface area contributed by atoms with Gasteiger partial charge in [0.1, 0.15) is 29.2 Å². The maximum absolute atomic E-state index is 14.4. The molecule has 0 aliphatic rings.